The van der Waals surface area contributed by atoms with E-state index in [-0.39, 0.29) is 6.10 Å². The zero-order valence-corrected chi connectivity index (χ0v) is 15.1. The molecular formula is C17H24INO3. The highest BCUT2D eigenvalue weighted by Gasteiger charge is 2.50. The fourth-order valence-corrected chi connectivity index (χ4v) is 4.60. The largest absolute Gasteiger partial charge is 0.445 e. The van der Waals surface area contributed by atoms with Crippen molar-refractivity contribution in [2.75, 3.05) is 0 Å². The molecule has 22 heavy (non-hydrogen) atoms. The van der Waals surface area contributed by atoms with Crippen molar-refractivity contribution in [3.63, 3.8) is 0 Å². The third-order valence-corrected chi connectivity index (χ3v) is 5.61. The molecule has 0 radical (unpaired) electrons. The minimum absolute atomic E-state index is 0.365. The average Bonchev–Trinajstić information content (AvgIpc) is 2.48. The molecule has 1 aliphatic rings. The Hall–Kier alpha value is -0.820. The van der Waals surface area contributed by atoms with Crippen LogP contribution in [0, 0.1) is 3.57 Å². The lowest BCUT2D eigenvalue weighted by atomic mass is 9.63. The Morgan fingerprint density at radius 1 is 1.50 bits per heavy atom. The van der Waals surface area contributed by atoms with Crippen LogP contribution in [0.5, 0.6) is 0 Å². The van der Waals surface area contributed by atoms with Gasteiger partial charge < -0.3 is 15.6 Å². The highest BCUT2D eigenvalue weighted by atomic mass is 127. The summed E-state index contributed by atoms with van der Waals surface area (Å²) in [6.07, 6.45) is 3.46. The number of hydrogen-bond donors (Lipinski definition) is 2. The van der Waals surface area contributed by atoms with Crippen molar-refractivity contribution in [2.45, 2.75) is 63.1 Å². The van der Waals surface area contributed by atoms with Crippen molar-refractivity contribution in [2.24, 2.45) is 5.73 Å². The van der Waals surface area contributed by atoms with Crippen LogP contribution in [0.25, 0.3) is 0 Å². The maximum atomic E-state index is 11.4. The van der Waals surface area contributed by atoms with Crippen molar-refractivity contribution in [3.05, 3.63) is 33.4 Å². The van der Waals surface area contributed by atoms with Crippen molar-refractivity contribution in [3.8, 4) is 0 Å². The van der Waals surface area contributed by atoms with Gasteiger partial charge in [-0.2, -0.15) is 0 Å². The number of ether oxygens (including phenoxy) is 1. The number of amides is 1. The SMILES string of the molecule is CCCC(O)[C@@]1(c2ccccc2I)CCCC[C@@H]1OC(N)=O. The molecule has 4 nitrogen and oxygen atoms in total. The highest BCUT2D eigenvalue weighted by molar-refractivity contribution is 14.1. The van der Waals surface area contributed by atoms with E-state index in [4.69, 9.17) is 10.5 Å². The number of primary amides is 1. The van der Waals surface area contributed by atoms with Gasteiger partial charge >= 0.3 is 6.09 Å². The Balaban J connectivity index is 2.52. The van der Waals surface area contributed by atoms with Gasteiger partial charge in [0, 0.05) is 3.57 Å². The van der Waals surface area contributed by atoms with Crippen LogP contribution >= 0.6 is 22.6 Å². The Labute approximate surface area is 145 Å². The quantitative estimate of drug-likeness (QED) is 0.718. The summed E-state index contributed by atoms with van der Waals surface area (Å²) in [5.41, 5.74) is 5.81. The number of carbonyl (C=O) groups excluding carboxylic acids is 1. The summed E-state index contributed by atoms with van der Waals surface area (Å²) < 4.78 is 6.55. The van der Waals surface area contributed by atoms with Gasteiger partial charge in [-0.05, 0) is 59.9 Å². The molecule has 2 rings (SSSR count). The van der Waals surface area contributed by atoms with Crippen molar-refractivity contribution in [1.29, 1.82) is 0 Å². The van der Waals surface area contributed by atoms with Crippen LogP contribution in [0.3, 0.4) is 0 Å². The van der Waals surface area contributed by atoms with Gasteiger partial charge in [-0.15, -0.1) is 0 Å². The van der Waals surface area contributed by atoms with E-state index >= 15 is 0 Å². The highest BCUT2D eigenvalue weighted by Crippen LogP contribution is 2.46. The van der Waals surface area contributed by atoms with Gasteiger partial charge in [0.25, 0.3) is 0 Å². The second-order valence-corrected chi connectivity index (χ2v) is 7.16. The third-order valence-electron chi connectivity index (χ3n) is 4.67. The first kappa shape index (κ1) is 17.5. The fraction of sp³-hybridized carbons (Fsp3) is 0.588. The summed E-state index contributed by atoms with van der Waals surface area (Å²) in [6, 6.07) is 8.04. The Morgan fingerprint density at radius 3 is 2.86 bits per heavy atom. The summed E-state index contributed by atoms with van der Waals surface area (Å²) in [5.74, 6) is 0. The first-order chi connectivity index (χ1) is 10.5. The number of benzene rings is 1. The number of halogens is 1. The van der Waals surface area contributed by atoms with Crippen LogP contribution in [-0.4, -0.2) is 23.4 Å². The average molecular weight is 417 g/mol. The Kier molecular flexibility index (Phi) is 6.09. The minimum atomic E-state index is -0.758. The molecule has 3 N–H and O–H groups in total. The first-order valence-corrected chi connectivity index (χ1v) is 8.99. The maximum Gasteiger partial charge on any atom is 0.404 e. The number of hydrogen-bond acceptors (Lipinski definition) is 3. The first-order valence-electron chi connectivity index (χ1n) is 7.91. The summed E-state index contributed by atoms with van der Waals surface area (Å²) in [4.78, 5) is 11.4. The van der Waals surface area contributed by atoms with Gasteiger partial charge in [0.2, 0.25) is 0 Å². The third kappa shape index (κ3) is 3.40. The summed E-state index contributed by atoms with van der Waals surface area (Å²) in [6.45, 7) is 2.06. The smallest absolute Gasteiger partial charge is 0.404 e. The standard InChI is InChI=1S/C17H24INO3/c1-2-7-14(20)17(12-8-3-4-9-13(12)18)11-6-5-10-15(17)22-16(19)21/h3-4,8-9,14-15,20H,2,5-7,10-11H2,1H3,(H2,19,21)/t14?,15-,17-/m0/s1. The van der Waals surface area contributed by atoms with Crippen LogP contribution in [-0.2, 0) is 10.2 Å². The van der Waals surface area contributed by atoms with Crippen molar-refractivity contribution >= 4 is 28.7 Å². The van der Waals surface area contributed by atoms with Gasteiger partial charge in [-0.1, -0.05) is 38.0 Å². The second-order valence-electron chi connectivity index (χ2n) is 6.00. The van der Waals surface area contributed by atoms with Crippen molar-refractivity contribution in [1.82, 2.24) is 0 Å². The number of aliphatic hydroxyl groups is 1. The summed E-state index contributed by atoms with van der Waals surface area (Å²) >= 11 is 2.30. The Morgan fingerprint density at radius 2 is 2.23 bits per heavy atom. The molecule has 1 unspecified atom stereocenters. The van der Waals surface area contributed by atoms with Gasteiger partial charge in [-0.25, -0.2) is 4.79 Å². The van der Waals surface area contributed by atoms with Crippen LogP contribution in [0.1, 0.15) is 51.0 Å². The second kappa shape index (κ2) is 7.64. The molecule has 0 spiro atoms. The van der Waals surface area contributed by atoms with Crippen LogP contribution in [0.15, 0.2) is 24.3 Å². The van der Waals surface area contributed by atoms with Crippen LogP contribution in [0.2, 0.25) is 0 Å². The van der Waals surface area contributed by atoms with Gasteiger partial charge in [0.15, 0.2) is 0 Å². The molecule has 1 aromatic rings. The molecule has 0 heterocycles. The molecule has 122 valence electrons. The number of nitrogens with two attached hydrogens (primary N) is 1. The minimum Gasteiger partial charge on any atom is -0.445 e. The van der Waals surface area contributed by atoms with E-state index in [1.165, 1.54) is 0 Å². The number of carbonyl (C=O) groups is 1. The maximum absolute atomic E-state index is 11.4. The van der Waals surface area contributed by atoms with E-state index in [1.54, 1.807) is 0 Å². The molecule has 5 heteroatoms. The van der Waals surface area contributed by atoms with E-state index < -0.39 is 17.6 Å². The van der Waals surface area contributed by atoms with Crippen molar-refractivity contribution < 1.29 is 14.6 Å². The molecule has 0 aliphatic heterocycles. The van der Waals surface area contributed by atoms with E-state index in [0.29, 0.717) is 6.42 Å². The number of aliphatic hydroxyl groups excluding tert-OH is 1. The van der Waals surface area contributed by atoms with Crippen LogP contribution in [0.4, 0.5) is 4.79 Å². The van der Waals surface area contributed by atoms with Crippen LogP contribution < -0.4 is 5.73 Å². The normalized spacial score (nSPS) is 26.4. The van der Waals surface area contributed by atoms with E-state index in [9.17, 15) is 9.90 Å². The Bertz CT molecular complexity index is 522. The monoisotopic (exact) mass is 417 g/mol. The molecular weight excluding hydrogens is 393 g/mol. The molecule has 0 aromatic heterocycles. The lowest BCUT2D eigenvalue weighted by molar-refractivity contribution is -0.0500. The fourth-order valence-electron chi connectivity index (χ4n) is 3.71. The molecule has 0 saturated heterocycles. The zero-order valence-electron chi connectivity index (χ0n) is 12.9. The number of rotatable bonds is 5. The lowest BCUT2D eigenvalue weighted by Crippen LogP contribution is -2.53. The predicted octanol–water partition coefficient (Wildman–Crippen LogP) is 3.73. The molecule has 1 aromatic carbocycles. The summed E-state index contributed by atoms with van der Waals surface area (Å²) in [7, 11) is 0. The molecule has 3 atom stereocenters. The lowest BCUT2D eigenvalue weighted by Gasteiger charge is -2.47. The molecule has 1 saturated carbocycles. The topological polar surface area (TPSA) is 72.6 Å². The van der Waals surface area contributed by atoms with Gasteiger partial charge in [0.05, 0.1) is 11.5 Å². The van der Waals surface area contributed by atoms with Gasteiger partial charge in [-0.3, -0.25) is 0 Å². The van der Waals surface area contributed by atoms with E-state index in [1.807, 2.05) is 24.3 Å². The van der Waals surface area contributed by atoms with E-state index in [2.05, 4.69) is 29.5 Å². The molecule has 0 bridgehead atoms. The molecule has 1 fully saturated rings. The zero-order chi connectivity index (χ0) is 16.2. The summed E-state index contributed by atoms with van der Waals surface area (Å²) in [5, 5.41) is 11.0. The van der Waals surface area contributed by atoms with Gasteiger partial charge in [0.1, 0.15) is 6.10 Å². The van der Waals surface area contributed by atoms with E-state index in [0.717, 1.165) is 41.2 Å². The molecule has 1 aliphatic carbocycles. The predicted molar refractivity (Wildman–Crippen MR) is 94.7 cm³/mol. The molecule has 1 amide bonds.